The Hall–Kier alpha value is -2.50. The van der Waals surface area contributed by atoms with E-state index < -0.39 is 51.9 Å². The van der Waals surface area contributed by atoms with Gasteiger partial charge in [-0.3, -0.25) is 13.9 Å². The SMILES string of the molecule is CCCCNC(=O)[C@H](CC)N(Cc1ccc(Cl)cc1)C(=O)CN(c1cc(C(F)(F)F)ccc1Cl)S(C)(=O)=O. The normalized spacial score (nSPS) is 12.6. The molecule has 0 saturated carbocycles. The predicted molar refractivity (Wildman–Crippen MR) is 143 cm³/mol. The monoisotopic (exact) mass is 595 g/mol. The summed E-state index contributed by atoms with van der Waals surface area (Å²) < 4.78 is 65.9. The van der Waals surface area contributed by atoms with Crippen LogP contribution in [0.5, 0.6) is 0 Å². The van der Waals surface area contributed by atoms with E-state index in [1.165, 1.54) is 4.90 Å². The second-order valence-electron chi connectivity index (χ2n) is 8.65. The molecule has 0 aliphatic heterocycles. The van der Waals surface area contributed by atoms with Gasteiger partial charge in [0.2, 0.25) is 21.8 Å². The van der Waals surface area contributed by atoms with Gasteiger partial charge in [0, 0.05) is 18.1 Å². The number of hydrogen-bond acceptors (Lipinski definition) is 4. The van der Waals surface area contributed by atoms with Crippen molar-refractivity contribution in [3.05, 3.63) is 63.6 Å². The maximum atomic E-state index is 13.6. The van der Waals surface area contributed by atoms with Gasteiger partial charge in [-0.15, -0.1) is 0 Å². The number of nitrogens with zero attached hydrogens (tertiary/aromatic N) is 2. The average molecular weight is 596 g/mol. The second-order valence-corrected chi connectivity index (χ2v) is 11.4. The summed E-state index contributed by atoms with van der Waals surface area (Å²) in [6.07, 6.45) is -2.23. The number of rotatable bonds is 12. The number of halogens is 5. The summed E-state index contributed by atoms with van der Waals surface area (Å²) >= 11 is 12.0. The molecule has 1 N–H and O–H groups in total. The molecule has 0 heterocycles. The van der Waals surface area contributed by atoms with Crippen molar-refractivity contribution in [3.8, 4) is 0 Å². The van der Waals surface area contributed by atoms with Crippen LogP contribution in [0.25, 0.3) is 0 Å². The van der Waals surface area contributed by atoms with Gasteiger partial charge in [0.05, 0.1) is 22.5 Å². The van der Waals surface area contributed by atoms with Crippen molar-refractivity contribution in [3.63, 3.8) is 0 Å². The van der Waals surface area contributed by atoms with Crippen LogP contribution in [0.3, 0.4) is 0 Å². The van der Waals surface area contributed by atoms with Crippen LogP contribution < -0.4 is 9.62 Å². The predicted octanol–water partition coefficient (Wildman–Crippen LogP) is 5.50. The van der Waals surface area contributed by atoms with E-state index in [0.29, 0.717) is 33.6 Å². The number of alkyl halides is 3. The van der Waals surface area contributed by atoms with Crippen molar-refractivity contribution >= 4 is 50.7 Å². The largest absolute Gasteiger partial charge is 0.416 e. The minimum Gasteiger partial charge on any atom is -0.354 e. The number of carbonyl (C=O) groups is 2. The number of anilines is 1. The number of hydrogen-bond donors (Lipinski definition) is 1. The zero-order chi connectivity index (χ0) is 28.7. The van der Waals surface area contributed by atoms with Crippen molar-refractivity contribution in [1.29, 1.82) is 0 Å². The quantitative estimate of drug-likeness (QED) is 0.328. The Morgan fingerprint density at radius 1 is 1.05 bits per heavy atom. The third-order valence-electron chi connectivity index (χ3n) is 5.70. The molecule has 13 heteroatoms. The van der Waals surface area contributed by atoms with E-state index in [2.05, 4.69) is 5.32 Å². The molecule has 0 bridgehead atoms. The highest BCUT2D eigenvalue weighted by molar-refractivity contribution is 7.92. The maximum absolute atomic E-state index is 13.6. The standard InChI is InChI=1S/C25H30Cl2F3N3O4S/c1-4-6-13-31-24(35)21(5-2)32(15-17-7-10-19(26)11-8-17)23(34)16-33(38(3,36)37)22-14-18(25(28,29)30)9-12-20(22)27/h7-12,14,21H,4-6,13,15-16H2,1-3H3,(H,31,35)/t21-/m0/s1. The van der Waals surface area contributed by atoms with Gasteiger partial charge in [-0.2, -0.15) is 13.2 Å². The molecule has 2 aromatic carbocycles. The molecule has 0 fully saturated rings. The van der Waals surface area contributed by atoms with Crippen molar-refractivity contribution in [2.45, 2.75) is 51.9 Å². The number of sulfonamides is 1. The van der Waals surface area contributed by atoms with E-state index >= 15 is 0 Å². The molecule has 1 atom stereocenters. The number of nitrogens with one attached hydrogen (secondary N) is 1. The van der Waals surface area contributed by atoms with Gasteiger partial charge in [0.15, 0.2) is 0 Å². The lowest BCUT2D eigenvalue weighted by Gasteiger charge is -2.33. The minimum atomic E-state index is -4.77. The Morgan fingerprint density at radius 3 is 2.21 bits per heavy atom. The Bertz CT molecular complexity index is 1230. The van der Waals surface area contributed by atoms with Gasteiger partial charge >= 0.3 is 6.18 Å². The molecule has 2 rings (SSSR count). The lowest BCUT2D eigenvalue weighted by atomic mass is 10.1. The van der Waals surface area contributed by atoms with E-state index in [1.807, 2.05) is 6.92 Å². The molecule has 210 valence electrons. The highest BCUT2D eigenvalue weighted by Gasteiger charge is 2.35. The number of carbonyl (C=O) groups excluding carboxylic acids is 2. The highest BCUT2D eigenvalue weighted by Crippen LogP contribution is 2.36. The first kappa shape index (κ1) is 31.7. The van der Waals surface area contributed by atoms with Gasteiger partial charge in [-0.1, -0.05) is 55.6 Å². The summed E-state index contributed by atoms with van der Waals surface area (Å²) in [5.41, 5.74) is -1.01. The summed E-state index contributed by atoms with van der Waals surface area (Å²) in [5, 5.41) is 2.95. The van der Waals surface area contributed by atoms with Crippen LogP contribution in [0, 0.1) is 0 Å². The van der Waals surface area contributed by atoms with E-state index in [-0.39, 0.29) is 18.0 Å². The molecule has 2 aromatic rings. The zero-order valence-corrected chi connectivity index (χ0v) is 23.5. The topological polar surface area (TPSA) is 86.8 Å². The molecular weight excluding hydrogens is 566 g/mol. The Labute approximate surface area is 230 Å². The summed E-state index contributed by atoms with van der Waals surface area (Å²) in [7, 11) is -4.26. The van der Waals surface area contributed by atoms with Crippen molar-refractivity contribution < 1.29 is 31.2 Å². The third-order valence-corrected chi connectivity index (χ3v) is 7.40. The molecule has 7 nitrogen and oxygen atoms in total. The Morgan fingerprint density at radius 2 is 1.68 bits per heavy atom. The van der Waals surface area contributed by atoms with Crippen LogP contribution in [0.4, 0.5) is 18.9 Å². The second kappa shape index (κ2) is 13.5. The van der Waals surface area contributed by atoms with Gasteiger partial charge in [-0.25, -0.2) is 8.42 Å². The summed E-state index contributed by atoms with van der Waals surface area (Å²) in [5.74, 6) is -1.22. The summed E-state index contributed by atoms with van der Waals surface area (Å²) in [4.78, 5) is 27.8. The van der Waals surface area contributed by atoms with Gasteiger partial charge in [0.25, 0.3) is 0 Å². The van der Waals surface area contributed by atoms with Crippen LogP contribution >= 0.6 is 23.2 Å². The van der Waals surface area contributed by atoms with Crippen LogP contribution in [0.1, 0.15) is 44.2 Å². The fourth-order valence-corrected chi connectivity index (χ4v) is 4.94. The van der Waals surface area contributed by atoms with Crippen LogP contribution in [-0.2, 0) is 32.3 Å². The first-order chi connectivity index (χ1) is 17.7. The van der Waals surface area contributed by atoms with E-state index in [9.17, 15) is 31.2 Å². The molecule has 0 aliphatic rings. The smallest absolute Gasteiger partial charge is 0.354 e. The molecular formula is C25H30Cl2F3N3O4S. The van der Waals surface area contributed by atoms with Crippen LogP contribution in [0.2, 0.25) is 10.0 Å². The van der Waals surface area contributed by atoms with Gasteiger partial charge < -0.3 is 10.2 Å². The van der Waals surface area contributed by atoms with Crippen molar-refractivity contribution in [2.75, 3.05) is 23.7 Å². The summed E-state index contributed by atoms with van der Waals surface area (Å²) in [6.45, 7) is 3.11. The first-order valence-electron chi connectivity index (χ1n) is 11.8. The molecule has 0 unspecified atom stereocenters. The number of benzene rings is 2. The molecule has 0 radical (unpaired) electrons. The molecule has 0 aliphatic carbocycles. The van der Waals surface area contributed by atoms with Crippen LogP contribution in [-0.4, -0.2) is 50.5 Å². The number of unbranched alkanes of at least 4 members (excludes halogenated alkanes) is 1. The highest BCUT2D eigenvalue weighted by atomic mass is 35.5. The molecule has 0 saturated heterocycles. The van der Waals surface area contributed by atoms with Crippen molar-refractivity contribution in [1.82, 2.24) is 10.2 Å². The third kappa shape index (κ3) is 8.78. The average Bonchev–Trinajstić information content (AvgIpc) is 2.82. The van der Waals surface area contributed by atoms with Crippen molar-refractivity contribution in [2.24, 2.45) is 0 Å². The maximum Gasteiger partial charge on any atom is 0.416 e. The molecule has 38 heavy (non-hydrogen) atoms. The van der Waals surface area contributed by atoms with Gasteiger partial charge in [-0.05, 0) is 48.7 Å². The number of amides is 2. The lowest BCUT2D eigenvalue weighted by molar-refractivity contribution is -0.140. The fourth-order valence-electron chi connectivity index (χ4n) is 3.69. The first-order valence-corrected chi connectivity index (χ1v) is 14.5. The van der Waals surface area contributed by atoms with E-state index in [4.69, 9.17) is 23.2 Å². The Balaban J connectivity index is 2.50. The Kier molecular flexibility index (Phi) is 11.3. The molecule has 0 aromatic heterocycles. The lowest BCUT2D eigenvalue weighted by Crippen LogP contribution is -2.52. The summed E-state index contributed by atoms with van der Waals surface area (Å²) in [6, 6.07) is 7.77. The van der Waals surface area contributed by atoms with E-state index in [0.717, 1.165) is 25.2 Å². The fraction of sp³-hybridized carbons (Fsp3) is 0.440. The van der Waals surface area contributed by atoms with Crippen LogP contribution in [0.15, 0.2) is 42.5 Å². The van der Waals surface area contributed by atoms with E-state index in [1.54, 1.807) is 31.2 Å². The zero-order valence-electron chi connectivity index (χ0n) is 21.2. The molecule has 2 amide bonds. The minimum absolute atomic E-state index is 0.0658. The van der Waals surface area contributed by atoms with Gasteiger partial charge in [0.1, 0.15) is 12.6 Å². The molecule has 0 spiro atoms.